The van der Waals surface area contributed by atoms with E-state index in [1.54, 1.807) is 30.3 Å². The van der Waals surface area contributed by atoms with E-state index in [0.717, 1.165) is 12.8 Å². The van der Waals surface area contributed by atoms with Crippen LogP contribution in [0.1, 0.15) is 40.5 Å². The van der Waals surface area contributed by atoms with Gasteiger partial charge < -0.3 is 10.6 Å². The maximum Gasteiger partial charge on any atom is 0.255 e. The van der Waals surface area contributed by atoms with Gasteiger partial charge in [0.05, 0.1) is 0 Å². The Balaban J connectivity index is 2.08. The van der Waals surface area contributed by atoms with Crippen LogP contribution in [0.15, 0.2) is 42.5 Å². The Morgan fingerprint density at radius 2 is 1.67 bits per heavy atom. The van der Waals surface area contributed by atoms with Crippen molar-refractivity contribution in [3.05, 3.63) is 63.6 Å². The van der Waals surface area contributed by atoms with Crippen molar-refractivity contribution in [3.8, 4) is 0 Å². The molecule has 0 radical (unpaired) electrons. The standard InChI is InChI=1S/C18H18Cl2N2O2/c1-2-3-7-21-17(23)12-5-4-6-16(10-12)22-18(24)13-8-14(19)11-15(20)9-13/h4-6,8-11H,2-3,7H2,1H3,(H,21,23)(H,22,24). The highest BCUT2D eigenvalue weighted by atomic mass is 35.5. The number of carbonyl (C=O) groups is 2. The summed E-state index contributed by atoms with van der Waals surface area (Å²) in [7, 11) is 0. The molecule has 24 heavy (non-hydrogen) atoms. The third-order valence-corrected chi connectivity index (χ3v) is 3.76. The first-order chi connectivity index (χ1) is 11.5. The topological polar surface area (TPSA) is 58.2 Å². The Labute approximate surface area is 151 Å². The number of carbonyl (C=O) groups excluding carboxylic acids is 2. The maximum atomic E-state index is 12.3. The molecule has 0 aliphatic carbocycles. The highest BCUT2D eigenvalue weighted by Crippen LogP contribution is 2.20. The van der Waals surface area contributed by atoms with E-state index in [4.69, 9.17) is 23.2 Å². The Morgan fingerprint density at radius 1 is 0.958 bits per heavy atom. The Bertz CT molecular complexity index is 727. The van der Waals surface area contributed by atoms with Crippen LogP contribution in [0, 0.1) is 0 Å². The summed E-state index contributed by atoms with van der Waals surface area (Å²) in [6, 6.07) is 11.4. The normalized spacial score (nSPS) is 10.3. The van der Waals surface area contributed by atoms with Crippen molar-refractivity contribution in [2.45, 2.75) is 19.8 Å². The van der Waals surface area contributed by atoms with E-state index in [9.17, 15) is 9.59 Å². The Morgan fingerprint density at radius 3 is 2.33 bits per heavy atom. The minimum atomic E-state index is -0.344. The van der Waals surface area contributed by atoms with Crippen molar-refractivity contribution in [2.75, 3.05) is 11.9 Å². The average molecular weight is 365 g/mol. The molecule has 2 aromatic carbocycles. The number of nitrogens with one attached hydrogen (secondary N) is 2. The number of amides is 2. The summed E-state index contributed by atoms with van der Waals surface area (Å²) in [6.07, 6.45) is 1.94. The lowest BCUT2D eigenvalue weighted by molar-refractivity contribution is 0.0951. The van der Waals surface area contributed by atoms with Gasteiger partial charge in [-0.1, -0.05) is 42.6 Å². The largest absolute Gasteiger partial charge is 0.352 e. The van der Waals surface area contributed by atoms with Crippen LogP contribution >= 0.6 is 23.2 Å². The molecule has 2 aromatic rings. The highest BCUT2D eigenvalue weighted by molar-refractivity contribution is 6.35. The zero-order valence-electron chi connectivity index (χ0n) is 13.2. The summed E-state index contributed by atoms with van der Waals surface area (Å²) in [5.41, 5.74) is 1.37. The lowest BCUT2D eigenvalue weighted by Gasteiger charge is -2.09. The summed E-state index contributed by atoms with van der Waals surface area (Å²) in [6.45, 7) is 2.69. The molecule has 4 nitrogen and oxygen atoms in total. The molecule has 0 unspecified atom stereocenters. The number of benzene rings is 2. The van der Waals surface area contributed by atoms with Crippen LogP contribution in [0.25, 0.3) is 0 Å². The van der Waals surface area contributed by atoms with Gasteiger partial charge in [-0.2, -0.15) is 0 Å². The number of rotatable bonds is 6. The number of hydrogen-bond donors (Lipinski definition) is 2. The van der Waals surface area contributed by atoms with Crippen LogP contribution in [-0.2, 0) is 0 Å². The second-order valence-electron chi connectivity index (χ2n) is 5.30. The van der Waals surface area contributed by atoms with E-state index < -0.39 is 0 Å². The number of anilines is 1. The molecule has 0 aromatic heterocycles. The van der Waals surface area contributed by atoms with Gasteiger partial charge in [0.1, 0.15) is 0 Å². The van der Waals surface area contributed by atoms with E-state index in [2.05, 4.69) is 17.6 Å². The predicted molar refractivity (Wildman–Crippen MR) is 98.1 cm³/mol. The van der Waals surface area contributed by atoms with Crippen LogP contribution < -0.4 is 10.6 Å². The molecule has 2 amide bonds. The molecule has 0 aliphatic heterocycles. The average Bonchev–Trinajstić information content (AvgIpc) is 2.54. The van der Waals surface area contributed by atoms with Gasteiger partial charge in [-0.3, -0.25) is 9.59 Å². The number of unbranched alkanes of at least 4 members (excludes halogenated alkanes) is 1. The molecule has 126 valence electrons. The van der Waals surface area contributed by atoms with Gasteiger partial charge in [-0.15, -0.1) is 0 Å². The first-order valence-electron chi connectivity index (χ1n) is 7.65. The minimum absolute atomic E-state index is 0.162. The second kappa shape index (κ2) is 8.71. The second-order valence-corrected chi connectivity index (χ2v) is 6.18. The van der Waals surface area contributed by atoms with Gasteiger partial charge in [0, 0.05) is 33.4 Å². The van der Waals surface area contributed by atoms with Crippen molar-refractivity contribution in [1.82, 2.24) is 5.32 Å². The molecule has 0 atom stereocenters. The molecule has 0 fully saturated rings. The zero-order chi connectivity index (χ0) is 17.5. The van der Waals surface area contributed by atoms with E-state index >= 15 is 0 Å². The van der Waals surface area contributed by atoms with Gasteiger partial charge in [0.2, 0.25) is 0 Å². The lowest BCUT2D eigenvalue weighted by atomic mass is 10.1. The lowest BCUT2D eigenvalue weighted by Crippen LogP contribution is -2.24. The van der Waals surface area contributed by atoms with Gasteiger partial charge >= 0.3 is 0 Å². The summed E-state index contributed by atoms with van der Waals surface area (Å²) < 4.78 is 0. The molecular weight excluding hydrogens is 347 g/mol. The molecule has 0 spiro atoms. The zero-order valence-corrected chi connectivity index (χ0v) is 14.7. The monoisotopic (exact) mass is 364 g/mol. The minimum Gasteiger partial charge on any atom is -0.352 e. The van der Waals surface area contributed by atoms with Gasteiger partial charge in [-0.05, 0) is 42.8 Å². The number of halogens is 2. The van der Waals surface area contributed by atoms with Crippen LogP contribution in [0.3, 0.4) is 0 Å². The van der Waals surface area contributed by atoms with Crippen LogP contribution in [0.5, 0.6) is 0 Å². The van der Waals surface area contributed by atoms with Crippen LogP contribution in [0.2, 0.25) is 10.0 Å². The predicted octanol–water partition coefficient (Wildman–Crippen LogP) is 4.78. The molecule has 0 aliphatic rings. The Kier molecular flexibility index (Phi) is 6.64. The fraction of sp³-hybridized carbons (Fsp3) is 0.222. The quantitative estimate of drug-likeness (QED) is 0.724. The summed E-state index contributed by atoms with van der Waals surface area (Å²) in [5, 5.41) is 6.35. The first-order valence-corrected chi connectivity index (χ1v) is 8.41. The molecule has 2 rings (SSSR count). The fourth-order valence-corrected chi connectivity index (χ4v) is 2.63. The highest BCUT2D eigenvalue weighted by Gasteiger charge is 2.10. The van der Waals surface area contributed by atoms with Crippen molar-refractivity contribution < 1.29 is 9.59 Å². The van der Waals surface area contributed by atoms with Crippen molar-refractivity contribution >= 4 is 40.7 Å². The van der Waals surface area contributed by atoms with Crippen molar-refractivity contribution in [2.24, 2.45) is 0 Å². The van der Waals surface area contributed by atoms with Crippen LogP contribution in [-0.4, -0.2) is 18.4 Å². The third kappa shape index (κ3) is 5.25. The van der Waals surface area contributed by atoms with Gasteiger partial charge in [0.25, 0.3) is 11.8 Å². The first kappa shape index (κ1) is 18.3. The third-order valence-electron chi connectivity index (χ3n) is 3.32. The molecule has 0 heterocycles. The van der Waals surface area contributed by atoms with E-state index in [-0.39, 0.29) is 11.8 Å². The van der Waals surface area contributed by atoms with E-state index in [1.807, 2.05) is 0 Å². The molecule has 2 N–H and O–H groups in total. The van der Waals surface area contributed by atoms with Crippen LogP contribution in [0.4, 0.5) is 5.69 Å². The molecular formula is C18H18Cl2N2O2. The SMILES string of the molecule is CCCCNC(=O)c1cccc(NC(=O)c2cc(Cl)cc(Cl)c2)c1. The Hall–Kier alpha value is -2.04. The van der Waals surface area contributed by atoms with E-state index in [1.165, 1.54) is 12.1 Å². The molecule has 0 bridgehead atoms. The summed E-state index contributed by atoms with van der Waals surface area (Å²) >= 11 is 11.8. The molecule has 0 saturated heterocycles. The molecule has 0 saturated carbocycles. The van der Waals surface area contributed by atoms with Gasteiger partial charge in [-0.25, -0.2) is 0 Å². The van der Waals surface area contributed by atoms with Gasteiger partial charge in [0.15, 0.2) is 0 Å². The summed E-state index contributed by atoms with van der Waals surface area (Å²) in [5.74, 6) is -0.506. The summed E-state index contributed by atoms with van der Waals surface area (Å²) in [4.78, 5) is 24.3. The number of hydrogen-bond acceptors (Lipinski definition) is 2. The molecule has 6 heteroatoms. The smallest absolute Gasteiger partial charge is 0.255 e. The fourth-order valence-electron chi connectivity index (χ4n) is 2.11. The van der Waals surface area contributed by atoms with E-state index in [0.29, 0.717) is 33.4 Å². The van der Waals surface area contributed by atoms with Crippen molar-refractivity contribution in [1.29, 1.82) is 0 Å². The maximum absolute atomic E-state index is 12.3. The van der Waals surface area contributed by atoms with Crippen molar-refractivity contribution in [3.63, 3.8) is 0 Å².